The van der Waals surface area contributed by atoms with Gasteiger partial charge in [0.1, 0.15) is 29.8 Å². The molecule has 13 heteroatoms. The summed E-state index contributed by atoms with van der Waals surface area (Å²) < 4.78 is 49.0. The first kappa shape index (κ1) is 33.1. The van der Waals surface area contributed by atoms with E-state index in [1.807, 2.05) is 18.2 Å². The zero-order chi connectivity index (χ0) is 32.0. The van der Waals surface area contributed by atoms with Crippen LogP contribution in [0.25, 0.3) is 44.4 Å². The van der Waals surface area contributed by atoms with Crippen molar-refractivity contribution >= 4 is 33.6 Å². The predicted molar refractivity (Wildman–Crippen MR) is 160 cm³/mol. The van der Waals surface area contributed by atoms with Crippen LogP contribution in [0.5, 0.6) is 0 Å². The molecule has 2 aromatic carbocycles. The van der Waals surface area contributed by atoms with E-state index in [9.17, 15) is 14.7 Å². The van der Waals surface area contributed by atoms with E-state index in [2.05, 4.69) is 29.4 Å². The lowest BCUT2D eigenvalue weighted by Crippen LogP contribution is -2.68. The van der Waals surface area contributed by atoms with Crippen molar-refractivity contribution < 1.29 is 53.1 Å². The molecule has 0 saturated carbocycles. The fourth-order valence-electron chi connectivity index (χ4n) is 6.81. The first-order valence-electron chi connectivity index (χ1n) is 14.8. The molecule has 46 heavy (non-hydrogen) atoms. The van der Waals surface area contributed by atoms with Crippen LogP contribution in [0.15, 0.2) is 62.2 Å². The van der Waals surface area contributed by atoms with Crippen LogP contribution in [0, 0.1) is 10.2 Å². The van der Waals surface area contributed by atoms with Crippen molar-refractivity contribution in [2.24, 2.45) is 0 Å². The second-order valence-corrected chi connectivity index (χ2v) is 11.8. The fourth-order valence-corrected chi connectivity index (χ4v) is 6.81. The summed E-state index contributed by atoms with van der Waals surface area (Å²) in [4.78, 5) is 28.7. The molecule has 4 aliphatic rings. The van der Waals surface area contributed by atoms with Gasteiger partial charge in [0, 0.05) is 41.5 Å². The standard InChI is InChI=1S/C33H30N2O5.ClHO4.H2O/c1-3-34(4-2)20-13-14-23-26(18-20)39-31-25-17-19-9-7-15-35-16-8-12-24(29(19)35)30(25)40-33(38)28(31)27(23)21-10-5-6-11-22(21)32(36)37;2-1(3,4)5;/h5-6,10-11,13-14,17-18H,3-4,7-9,12,15-16H2,1-2H3;(H,2,3,4,5);1H2. The van der Waals surface area contributed by atoms with Gasteiger partial charge in [-0.1, -0.05) is 18.2 Å². The summed E-state index contributed by atoms with van der Waals surface area (Å²) in [6, 6.07) is 14.9. The minimum Gasteiger partial charge on any atom is -0.478 e. The van der Waals surface area contributed by atoms with Gasteiger partial charge in [0.15, 0.2) is 5.58 Å². The molecule has 242 valence electrons. The SMILES string of the molecule is CC[N+](CC)=c1ccc2c(-c3ccccc3C(=O)O)c3c(=O)oc4c5c6c(cc4c3oc-2c1)CCCN6CCC5.O.[O-][Cl+3]([O-])([O-])[O-]. The van der Waals surface area contributed by atoms with Crippen molar-refractivity contribution in [3.8, 4) is 22.5 Å². The summed E-state index contributed by atoms with van der Waals surface area (Å²) >= 11 is 0. The van der Waals surface area contributed by atoms with E-state index >= 15 is 0 Å². The average molecular weight is 653 g/mol. The lowest BCUT2D eigenvalue weighted by Gasteiger charge is -2.37. The van der Waals surface area contributed by atoms with Crippen LogP contribution < -0.4 is 39.1 Å². The maximum Gasteiger partial charge on any atom is 0.348 e. The Labute approximate surface area is 265 Å². The van der Waals surface area contributed by atoms with Gasteiger partial charge in [-0.2, -0.15) is 0 Å². The van der Waals surface area contributed by atoms with Gasteiger partial charge in [-0.3, -0.25) is 0 Å². The summed E-state index contributed by atoms with van der Waals surface area (Å²) in [7, 11) is -4.94. The topological polar surface area (TPSA) is 211 Å². The second kappa shape index (κ2) is 12.8. The number of rotatable bonds is 4. The lowest BCUT2D eigenvalue weighted by atomic mass is 9.88. The van der Waals surface area contributed by atoms with Crippen LogP contribution in [-0.2, 0) is 12.8 Å². The summed E-state index contributed by atoms with van der Waals surface area (Å²) in [5.41, 5.74) is 5.87. The number of anilines is 1. The van der Waals surface area contributed by atoms with E-state index in [-0.39, 0.29) is 16.4 Å². The Balaban J connectivity index is 0.000000647. The molecule has 4 heterocycles. The second-order valence-electron chi connectivity index (χ2n) is 11.1. The van der Waals surface area contributed by atoms with E-state index in [0.717, 1.165) is 68.2 Å². The van der Waals surface area contributed by atoms with Gasteiger partial charge in [-0.25, -0.2) is 32.8 Å². The number of benzene rings is 3. The van der Waals surface area contributed by atoms with Crippen LogP contribution in [0.1, 0.15) is 48.2 Å². The Morgan fingerprint density at radius 3 is 2.28 bits per heavy atom. The number of carboxylic acid groups (broad SMARTS) is 1. The number of aryl methyl sites for hydroxylation is 2. The van der Waals surface area contributed by atoms with Crippen molar-refractivity contribution in [2.45, 2.75) is 39.5 Å². The summed E-state index contributed by atoms with van der Waals surface area (Å²) in [5, 5.41) is 12.1. The average Bonchev–Trinajstić information content (AvgIpc) is 3.00. The number of halogens is 1. The molecule has 3 aromatic rings. The maximum absolute atomic E-state index is 13.9. The third kappa shape index (κ3) is 5.98. The molecule has 0 radical (unpaired) electrons. The van der Waals surface area contributed by atoms with Crippen molar-refractivity contribution in [2.75, 3.05) is 31.1 Å². The summed E-state index contributed by atoms with van der Waals surface area (Å²) in [6.45, 7) is 7.92. The van der Waals surface area contributed by atoms with Crippen LogP contribution in [0.3, 0.4) is 0 Å². The van der Waals surface area contributed by atoms with Crippen molar-refractivity contribution in [3.63, 3.8) is 0 Å². The summed E-state index contributed by atoms with van der Waals surface area (Å²) in [6.07, 6.45) is 3.90. The molecule has 0 spiro atoms. The highest BCUT2D eigenvalue weighted by molar-refractivity contribution is 6.13. The molecule has 12 nitrogen and oxygen atoms in total. The highest BCUT2D eigenvalue weighted by atomic mass is 35.7. The molecule has 1 aromatic heterocycles. The largest absolute Gasteiger partial charge is 0.478 e. The number of fused-ring (bicyclic) bond motifs is 5. The van der Waals surface area contributed by atoms with Crippen LogP contribution in [0.4, 0.5) is 5.69 Å². The first-order valence-corrected chi connectivity index (χ1v) is 16.0. The molecular formula is C33H33ClN2O10. The number of aromatic carboxylic acids is 1. The van der Waals surface area contributed by atoms with Crippen LogP contribution in [-0.4, -0.2) is 42.7 Å². The first-order chi connectivity index (χ1) is 21.5. The van der Waals surface area contributed by atoms with Crippen LogP contribution in [0.2, 0.25) is 0 Å². The molecule has 0 amide bonds. The van der Waals surface area contributed by atoms with E-state index in [0.29, 0.717) is 33.6 Å². The van der Waals surface area contributed by atoms with E-state index < -0.39 is 21.8 Å². The van der Waals surface area contributed by atoms with Gasteiger partial charge < -0.3 is 24.3 Å². The van der Waals surface area contributed by atoms with Gasteiger partial charge in [-0.15, -0.1) is 10.2 Å². The van der Waals surface area contributed by atoms with Crippen molar-refractivity contribution in [1.82, 2.24) is 4.58 Å². The fraction of sp³-hybridized carbons (Fsp3) is 0.303. The number of hydrogen-bond acceptors (Lipinski definition) is 9. The van der Waals surface area contributed by atoms with Crippen LogP contribution >= 0.6 is 0 Å². The Morgan fingerprint density at radius 2 is 1.61 bits per heavy atom. The minimum absolute atomic E-state index is 0. The molecule has 0 bridgehead atoms. The third-order valence-corrected chi connectivity index (χ3v) is 8.59. The van der Waals surface area contributed by atoms with Gasteiger partial charge in [0.2, 0.25) is 5.36 Å². The molecule has 1 aliphatic carbocycles. The van der Waals surface area contributed by atoms with Crippen molar-refractivity contribution in [3.05, 3.63) is 81.0 Å². The number of carbonyl (C=O) groups is 1. The monoisotopic (exact) mass is 652 g/mol. The smallest absolute Gasteiger partial charge is 0.348 e. The molecule has 0 fully saturated rings. The lowest BCUT2D eigenvalue weighted by molar-refractivity contribution is -2.00. The molecule has 0 atom stereocenters. The zero-order valence-corrected chi connectivity index (χ0v) is 26.0. The highest BCUT2D eigenvalue weighted by Crippen LogP contribution is 2.45. The Hall–Kier alpha value is -4.30. The van der Waals surface area contributed by atoms with E-state index in [1.54, 1.807) is 24.3 Å². The molecule has 0 saturated heterocycles. The molecule has 3 aliphatic heterocycles. The van der Waals surface area contributed by atoms with Crippen molar-refractivity contribution in [1.29, 1.82) is 0 Å². The molecule has 3 N–H and O–H groups in total. The van der Waals surface area contributed by atoms with Gasteiger partial charge >= 0.3 is 11.6 Å². The quantitative estimate of drug-likeness (QED) is 0.118. The van der Waals surface area contributed by atoms with Gasteiger partial charge in [0.25, 0.3) is 0 Å². The maximum atomic E-state index is 13.9. The Kier molecular flexibility index (Phi) is 9.23. The highest BCUT2D eigenvalue weighted by Gasteiger charge is 2.31. The third-order valence-electron chi connectivity index (χ3n) is 8.59. The van der Waals surface area contributed by atoms with E-state index in [1.165, 1.54) is 11.3 Å². The minimum atomic E-state index is -4.94. The van der Waals surface area contributed by atoms with E-state index in [4.69, 9.17) is 27.5 Å². The molecule has 0 unspecified atom stereocenters. The normalized spacial score (nSPS) is 14.0. The Bertz CT molecular complexity index is 2050. The number of carboxylic acids is 1. The van der Waals surface area contributed by atoms with Gasteiger partial charge in [0.05, 0.1) is 17.0 Å². The molecular weight excluding hydrogens is 620 g/mol. The number of nitrogens with zero attached hydrogens (tertiary/aromatic N) is 2. The predicted octanol–water partition coefficient (Wildman–Crippen LogP) is -0.0607. The Morgan fingerprint density at radius 1 is 0.935 bits per heavy atom. The zero-order valence-electron chi connectivity index (χ0n) is 25.3. The number of hydrogen-bond donors (Lipinski definition) is 1. The summed E-state index contributed by atoms with van der Waals surface area (Å²) in [5.74, 6) is -0.451. The molecule has 7 rings (SSSR count). The van der Waals surface area contributed by atoms with Gasteiger partial charge in [-0.05, 0) is 68.9 Å².